The van der Waals surface area contributed by atoms with Gasteiger partial charge in [-0.15, -0.1) is 5.10 Å². The molecule has 0 radical (unpaired) electrons. The van der Waals surface area contributed by atoms with Crippen LogP contribution in [0.15, 0.2) is 74.1 Å². The third-order valence-electron chi connectivity index (χ3n) is 14.0. The minimum absolute atomic E-state index is 0.0231. The van der Waals surface area contributed by atoms with Crippen LogP contribution in [0.3, 0.4) is 0 Å². The van der Waals surface area contributed by atoms with Gasteiger partial charge in [0.25, 0.3) is 0 Å². The van der Waals surface area contributed by atoms with Gasteiger partial charge in [-0.3, -0.25) is 9.78 Å². The summed E-state index contributed by atoms with van der Waals surface area (Å²) in [6.07, 6.45) is 16.2. The number of nitriles is 4. The number of aryl methyl sites for hydroxylation is 1. The second kappa shape index (κ2) is 40.8. The first-order valence-electron chi connectivity index (χ1n) is 32.3. The Morgan fingerprint density at radius 3 is 1.58 bits per heavy atom. The Balaban J connectivity index is 0.000000552. The van der Waals surface area contributed by atoms with Crippen molar-refractivity contribution in [2.24, 2.45) is 17.3 Å². The smallest absolute Gasteiger partial charge is 0.329 e. The van der Waals surface area contributed by atoms with Crippen LogP contribution in [-0.2, 0) is 26.5 Å². The molecule has 25 heteroatoms. The summed E-state index contributed by atoms with van der Waals surface area (Å²) < 4.78 is 70.0. The molecule has 534 valence electrons. The Hall–Kier alpha value is -7.96. The maximum absolute atomic E-state index is 12.9. The second-order valence-electron chi connectivity index (χ2n) is 29.6. The highest BCUT2D eigenvalue weighted by atomic mass is 35.5. The number of ketones is 1. The van der Waals surface area contributed by atoms with Crippen molar-refractivity contribution in [3.05, 3.63) is 157 Å². The molecular weight excluding hydrogens is 1320 g/mol. The highest BCUT2D eigenvalue weighted by Gasteiger charge is 2.26. The number of carbonyl (C=O) groups is 1. The van der Waals surface area contributed by atoms with E-state index in [1.807, 2.05) is 111 Å². The van der Waals surface area contributed by atoms with Gasteiger partial charge < -0.3 is 18.3 Å². The number of rotatable bonds is 7. The molecule has 1 saturated heterocycles. The number of carbonyl (C=O) groups excluding carboxylic acids is 1. The van der Waals surface area contributed by atoms with Crippen LogP contribution in [0.25, 0.3) is 0 Å². The van der Waals surface area contributed by atoms with Crippen LogP contribution in [0.2, 0.25) is 10.2 Å². The van der Waals surface area contributed by atoms with E-state index in [1.54, 1.807) is 24.5 Å². The van der Waals surface area contributed by atoms with E-state index in [2.05, 4.69) is 145 Å². The zero-order chi connectivity index (χ0) is 75.3. The lowest BCUT2D eigenvalue weighted by Crippen LogP contribution is -2.15. The fourth-order valence-corrected chi connectivity index (χ4v) is 8.77. The van der Waals surface area contributed by atoms with Gasteiger partial charge in [0.2, 0.25) is 5.89 Å². The molecule has 98 heavy (non-hydrogen) atoms. The van der Waals surface area contributed by atoms with E-state index in [0.29, 0.717) is 39.9 Å². The van der Waals surface area contributed by atoms with Crippen LogP contribution in [0.4, 0.5) is 17.6 Å². The van der Waals surface area contributed by atoms with Gasteiger partial charge in [0.05, 0.1) is 6.20 Å². The average Bonchev–Trinajstić information content (AvgIpc) is 1.30. The summed E-state index contributed by atoms with van der Waals surface area (Å²) in [5.41, 5.74) is 2.86. The van der Waals surface area contributed by atoms with Gasteiger partial charge in [0, 0.05) is 76.4 Å². The van der Waals surface area contributed by atoms with Crippen LogP contribution < -0.4 is 0 Å². The minimum atomic E-state index is -1.36. The van der Waals surface area contributed by atoms with Crippen LogP contribution in [0, 0.1) is 92.9 Å². The highest BCUT2D eigenvalue weighted by Crippen LogP contribution is 2.29. The van der Waals surface area contributed by atoms with Crippen LogP contribution in [0.1, 0.15) is 272 Å². The molecule has 1 aromatic carbocycles. The predicted molar refractivity (Wildman–Crippen MR) is 377 cm³/mol. The lowest BCUT2D eigenvalue weighted by molar-refractivity contribution is -0.116. The molecule has 1 atom stereocenters. The van der Waals surface area contributed by atoms with Crippen LogP contribution in [0.5, 0.6) is 0 Å². The van der Waals surface area contributed by atoms with Gasteiger partial charge >= 0.3 is 17.7 Å². The number of benzene rings is 1. The summed E-state index contributed by atoms with van der Waals surface area (Å²) in [7, 11) is 0. The quantitative estimate of drug-likeness (QED) is 0.0621. The van der Waals surface area contributed by atoms with Crippen LogP contribution >= 0.6 is 34.7 Å². The van der Waals surface area contributed by atoms with Crippen molar-refractivity contribution in [1.82, 2.24) is 49.5 Å². The fourth-order valence-electron chi connectivity index (χ4n) is 7.68. The largest absolute Gasteiger partial charge is 0.433 e. The van der Waals surface area contributed by atoms with Gasteiger partial charge in [0.15, 0.2) is 59.3 Å². The molecule has 7 heterocycles. The zero-order valence-electron chi connectivity index (χ0n) is 61.6. The molecule has 9 rings (SSSR count). The number of halogens is 6. The van der Waals surface area contributed by atoms with Gasteiger partial charge in [-0.2, -0.15) is 30.4 Å². The van der Waals surface area contributed by atoms with Crippen molar-refractivity contribution in [2.45, 2.75) is 238 Å². The first-order chi connectivity index (χ1) is 45.2. The minimum Gasteiger partial charge on any atom is -0.433 e. The molecule has 0 spiro atoms. The second-order valence-corrected chi connectivity index (χ2v) is 31.3. The molecule has 7 aromatic rings. The van der Waals surface area contributed by atoms with Crippen molar-refractivity contribution < 1.29 is 35.7 Å². The number of allylic oxidation sites excluding steroid dienone is 2. The molecule has 2 aliphatic rings. The lowest BCUT2D eigenvalue weighted by atomic mass is 9.86. The molecule has 1 aliphatic carbocycles. The molecule has 0 amide bonds. The standard InChI is InChI=1S/C11H18O.C9H8F4.2C8H10ClN.C8H10N2O.C8H14N2.2C7H9N3O.C7H12N2S/c1-11(2,3)8-7-10(12)9-5-4-6-9;1-4(2)7-8(12)5(10)3-6(11)9(7)13;1-6(2)7-5-10-4-3-8(7)9;1-6(2)7-3-4-8(9)10-5-7;1-8(2,3)6-5-10-7(4-9)11-6;1-7(2)8-3-4-10(5-8)6-9;1-7(2,3)6-10-9-5(4-8)11-6;1-7(2,3)6-9-5(4-8)11-10-6;1-5-8-6(9-10-5)7(2,3)4/h5H,4,6-8H2,1-3H3;3-4H,1-2H3;2*3-6H,1-2H3;5H,1-3H3;7-8H,3-5H2,1-2H3;2*1-3H3;1-4H3. The van der Waals surface area contributed by atoms with Crippen molar-refractivity contribution >= 4 is 40.5 Å². The number of oxazole rings is 1. The molecule has 6 aromatic heterocycles. The van der Waals surface area contributed by atoms with Crippen molar-refractivity contribution in [3.63, 3.8) is 0 Å². The predicted octanol–water partition coefficient (Wildman–Crippen LogP) is 20.1. The number of hydrogen-bond donors (Lipinski definition) is 0. The molecule has 1 aliphatic heterocycles. The maximum atomic E-state index is 12.9. The normalized spacial score (nSPS) is 13.2. The summed E-state index contributed by atoms with van der Waals surface area (Å²) in [6.45, 7) is 50.4. The summed E-state index contributed by atoms with van der Waals surface area (Å²) in [5.74, 6) is -0.148. The van der Waals surface area contributed by atoms with E-state index >= 15 is 0 Å². The van der Waals surface area contributed by atoms with Crippen molar-refractivity contribution in [2.75, 3.05) is 13.1 Å². The Morgan fingerprint density at radius 1 is 0.694 bits per heavy atom. The van der Waals surface area contributed by atoms with Gasteiger partial charge in [-0.05, 0) is 108 Å². The molecule has 18 nitrogen and oxygen atoms in total. The Bertz CT molecular complexity index is 3590. The number of hydrogen-bond acceptors (Lipinski definition) is 19. The third-order valence-corrected chi connectivity index (χ3v) is 15.2. The van der Waals surface area contributed by atoms with Gasteiger partial charge in [0.1, 0.15) is 21.7 Å². The van der Waals surface area contributed by atoms with E-state index in [-0.39, 0.29) is 45.4 Å². The molecule has 0 saturated carbocycles. The average molecular weight is 1420 g/mol. The zero-order valence-corrected chi connectivity index (χ0v) is 63.9. The molecular formula is C73H100Cl2F4N14O4S. The molecule has 1 fully saturated rings. The van der Waals surface area contributed by atoms with Crippen molar-refractivity contribution in [1.29, 1.82) is 21.0 Å². The summed E-state index contributed by atoms with van der Waals surface area (Å²) in [6, 6.07) is 11.2. The molecule has 0 bridgehead atoms. The number of aromatic nitrogens is 9. The van der Waals surface area contributed by atoms with E-state index in [1.165, 1.54) is 37.4 Å². The number of Topliss-reactive ketones (excluding diaryl/α,β-unsaturated/α-hetero) is 1. The summed E-state index contributed by atoms with van der Waals surface area (Å²) in [4.78, 5) is 33.1. The molecule has 1 unspecified atom stereocenters. The van der Waals surface area contributed by atoms with E-state index in [4.69, 9.17) is 53.1 Å². The number of nitrogens with zero attached hydrogens (tertiary/aromatic N) is 14. The fraction of sp³-hybridized carbons (Fsp3) is 0.562. The molecule has 0 N–H and O–H groups in total. The first-order valence-corrected chi connectivity index (χ1v) is 33.8. The van der Waals surface area contributed by atoms with Crippen molar-refractivity contribution in [3.8, 4) is 24.4 Å². The summed E-state index contributed by atoms with van der Waals surface area (Å²) >= 11 is 13.0. The monoisotopic (exact) mass is 1410 g/mol. The van der Waals surface area contributed by atoms with E-state index in [9.17, 15) is 22.4 Å². The van der Waals surface area contributed by atoms with Gasteiger partial charge in [-0.25, -0.2) is 32.5 Å². The third kappa shape index (κ3) is 33.1. The van der Waals surface area contributed by atoms with E-state index in [0.717, 1.165) is 83.4 Å². The Labute approximate surface area is 592 Å². The Morgan fingerprint density at radius 2 is 1.28 bits per heavy atom. The number of likely N-dealkylation sites (tertiary alicyclic amines) is 1. The highest BCUT2D eigenvalue weighted by molar-refractivity contribution is 7.05. The topological polar surface area (TPSA) is 271 Å². The SMILES string of the molecule is CC(C)(C)CCC(=O)C1=CCC1.CC(C)(C)c1cnc(C#N)o1.CC(C)(C)c1nnc(C#N)o1.CC(C)(C)c1noc(C#N)n1.CC(C)C1CCN(C#N)C1.CC(C)c1c(F)c(F)cc(F)c1F.CC(C)c1ccc(Cl)nc1.CC(C)c1cnccc1Cl.Cc1nc(C(C)(C)C)ns1. The maximum Gasteiger partial charge on any atom is 0.329 e. The van der Waals surface area contributed by atoms with Gasteiger partial charge in [-0.1, -0.05) is 205 Å². The number of pyridine rings is 2. The Kier molecular flexibility index (Phi) is 36.7. The summed E-state index contributed by atoms with van der Waals surface area (Å²) in [5, 5.41) is 47.0. The van der Waals surface area contributed by atoms with Crippen LogP contribution in [-0.4, -0.2) is 68.4 Å². The van der Waals surface area contributed by atoms with E-state index < -0.39 is 34.8 Å². The lowest BCUT2D eigenvalue weighted by Gasteiger charge is -2.19. The first kappa shape index (κ1) is 88.1.